The second-order valence-electron chi connectivity index (χ2n) is 6.12. The lowest BCUT2D eigenvalue weighted by Gasteiger charge is -2.12. The summed E-state index contributed by atoms with van der Waals surface area (Å²) < 4.78 is 1.89. The molecular formula is C20H15N2O+. The fourth-order valence-corrected chi connectivity index (χ4v) is 3.66. The summed E-state index contributed by atoms with van der Waals surface area (Å²) in [6.07, 6.45) is 2.61. The lowest BCUT2D eigenvalue weighted by molar-refractivity contribution is -0.553. The molecule has 1 N–H and O–H groups in total. The molecule has 3 nitrogen and oxygen atoms in total. The Kier molecular flexibility index (Phi) is 2.48. The molecule has 1 aliphatic heterocycles. The summed E-state index contributed by atoms with van der Waals surface area (Å²) in [4.78, 5) is 11.4. The quantitative estimate of drug-likeness (QED) is 0.424. The van der Waals surface area contributed by atoms with Crippen molar-refractivity contribution in [2.45, 2.75) is 6.42 Å². The minimum absolute atomic E-state index is 0.0818. The molecule has 0 atom stereocenters. The van der Waals surface area contributed by atoms with Crippen LogP contribution in [-0.2, 0) is 4.79 Å². The maximum Gasteiger partial charge on any atom is 0.280 e. The maximum atomic E-state index is 11.4. The van der Waals surface area contributed by atoms with Gasteiger partial charge in [0.15, 0.2) is 6.54 Å². The van der Waals surface area contributed by atoms with Crippen molar-refractivity contribution in [1.29, 1.82) is 0 Å². The van der Waals surface area contributed by atoms with Crippen LogP contribution in [0.2, 0.25) is 0 Å². The normalized spacial score (nSPS) is 16.9. The van der Waals surface area contributed by atoms with E-state index in [4.69, 9.17) is 0 Å². The molecule has 4 aromatic rings. The Bertz CT molecular complexity index is 1110. The van der Waals surface area contributed by atoms with E-state index in [0.717, 1.165) is 12.1 Å². The van der Waals surface area contributed by atoms with Gasteiger partial charge in [-0.25, -0.2) is 0 Å². The lowest BCUT2D eigenvalue weighted by atomic mass is 9.92. The molecule has 110 valence electrons. The van der Waals surface area contributed by atoms with Gasteiger partial charge in [-0.2, -0.15) is 0 Å². The Labute approximate surface area is 133 Å². The molecule has 1 heterocycles. The molecule has 5 rings (SSSR count). The number of rotatable bonds is 1. The summed E-state index contributed by atoms with van der Waals surface area (Å²) in [6.45, 7) is 0.720. The average Bonchev–Trinajstić information content (AvgIpc) is 2.98. The largest absolute Gasteiger partial charge is 0.280 e. The van der Waals surface area contributed by atoms with Crippen LogP contribution in [0.1, 0.15) is 12.0 Å². The summed E-state index contributed by atoms with van der Waals surface area (Å²) in [5, 5.41) is 7.62. The van der Waals surface area contributed by atoms with E-state index in [2.05, 4.69) is 66.2 Å². The van der Waals surface area contributed by atoms with Crippen LogP contribution >= 0.6 is 0 Å². The molecule has 0 aliphatic carbocycles. The molecule has 0 aromatic heterocycles. The first-order chi connectivity index (χ1) is 11.3. The van der Waals surface area contributed by atoms with Gasteiger partial charge in [-0.15, -0.1) is 10.1 Å². The number of carbonyl (C=O) groups excluding carboxylic acids is 1. The zero-order valence-corrected chi connectivity index (χ0v) is 12.5. The van der Waals surface area contributed by atoms with Crippen molar-refractivity contribution in [3.05, 3.63) is 60.2 Å². The van der Waals surface area contributed by atoms with Crippen molar-refractivity contribution in [3.63, 3.8) is 0 Å². The minimum atomic E-state index is 0.0818. The first-order valence-electron chi connectivity index (χ1n) is 7.87. The highest BCUT2D eigenvalue weighted by atomic mass is 16.2. The number of hydrogen-bond donors (Lipinski definition) is 1. The first-order valence-corrected chi connectivity index (χ1v) is 7.87. The van der Waals surface area contributed by atoms with Gasteiger partial charge in [0.05, 0.1) is 6.42 Å². The maximum absolute atomic E-state index is 11.4. The smallest absolute Gasteiger partial charge is 0.269 e. The third-order valence-electron chi connectivity index (χ3n) is 4.68. The highest BCUT2D eigenvalue weighted by Gasteiger charge is 2.21. The number of nitrogens with one attached hydrogen (secondary N) is 1. The topological polar surface area (TPSA) is 32.1 Å². The second kappa shape index (κ2) is 4.53. The molecule has 4 aromatic carbocycles. The number of hydrogen-bond acceptors (Lipinski definition) is 1. The van der Waals surface area contributed by atoms with Crippen molar-refractivity contribution in [1.82, 2.24) is 5.43 Å². The van der Waals surface area contributed by atoms with Crippen LogP contribution in [-0.4, -0.2) is 23.4 Å². The fourth-order valence-electron chi connectivity index (χ4n) is 3.66. The van der Waals surface area contributed by atoms with E-state index in [-0.39, 0.29) is 5.91 Å². The zero-order valence-electron chi connectivity index (χ0n) is 12.5. The molecule has 23 heavy (non-hydrogen) atoms. The van der Waals surface area contributed by atoms with Gasteiger partial charge in [-0.1, -0.05) is 48.5 Å². The third kappa shape index (κ3) is 1.83. The highest BCUT2D eigenvalue weighted by molar-refractivity contribution is 6.25. The van der Waals surface area contributed by atoms with E-state index in [0.29, 0.717) is 6.42 Å². The molecule has 1 aliphatic rings. The Balaban J connectivity index is 1.90. The number of carbonyl (C=O) groups is 1. The first kappa shape index (κ1) is 12.6. The number of amides is 1. The van der Waals surface area contributed by atoms with E-state index in [1.807, 2.05) is 4.68 Å². The van der Waals surface area contributed by atoms with E-state index < -0.39 is 0 Å². The Morgan fingerprint density at radius 2 is 1.65 bits per heavy atom. The lowest BCUT2D eigenvalue weighted by Crippen LogP contribution is -2.25. The zero-order chi connectivity index (χ0) is 15.4. The van der Waals surface area contributed by atoms with E-state index in [1.54, 1.807) is 0 Å². The van der Waals surface area contributed by atoms with Gasteiger partial charge < -0.3 is 0 Å². The number of hydrazine groups is 1. The van der Waals surface area contributed by atoms with Crippen molar-refractivity contribution in [3.8, 4) is 0 Å². The molecule has 0 radical (unpaired) electrons. The standard InChI is InChI=1S/C20H14N2O/c23-18-9-10-22(21-18)12-16-11-15-5-1-3-13-7-8-14-4-2-6-17(16)20(14)19(13)15/h1-8,11-12H,9-10H2/p+1/b22-12+. The van der Waals surface area contributed by atoms with Crippen LogP contribution in [0, 0.1) is 0 Å². The van der Waals surface area contributed by atoms with Crippen LogP contribution < -0.4 is 5.43 Å². The van der Waals surface area contributed by atoms with Gasteiger partial charge in [-0.05, 0) is 38.4 Å². The minimum Gasteiger partial charge on any atom is -0.269 e. The van der Waals surface area contributed by atoms with E-state index in [9.17, 15) is 4.79 Å². The van der Waals surface area contributed by atoms with Gasteiger partial charge in [0.2, 0.25) is 6.21 Å². The van der Waals surface area contributed by atoms with Gasteiger partial charge in [0, 0.05) is 5.56 Å². The van der Waals surface area contributed by atoms with Gasteiger partial charge in [-0.3, -0.25) is 4.79 Å². The van der Waals surface area contributed by atoms with E-state index in [1.165, 1.54) is 32.3 Å². The number of nitrogens with zero attached hydrogens (tertiary/aromatic N) is 1. The van der Waals surface area contributed by atoms with Crippen LogP contribution in [0.15, 0.2) is 54.6 Å². The molecular weight excluding hydrogens is 284 g/mol. The third-order valence-corrected chi connectivity index (χ3v) is 4.68. The molecule has 1 amide bonds. The van der Waals surface area contributed by atoms with Crippen LogP contribution in [0.25, 0.3) is 32.3 Å². The van der Waals surface area contributed by atoms with Gasteiger partial charge >= 0.3 is 0 Å². The van der Waals surface area contributed by atoms with E-state index >= 15 is 0 Å². The van der Waals surface area contributed by atoms with Crippen LogP contribution in [0.4, 0.5) is 0 Å². The van der Waals surface area contributed by atoms with Crippen molar-refractivity contribution in [2.75, 3.05) is 6.54 Å². The highest BCUT2D eigenvalue weighted by Crippen LogP contribution is 2.35. The van der Waals surface area contributed by atoms with Crippen LogP contribution in [0.3, 0.4) is 0 Å². The molecule has 0 bridgehead atoms. The average molecular weight is 299 g/mol. The van der Waals surface area contributed by atoms with Crippen molar-refractivity contribution >= 4 is 44.4 Å². The second-order valence-corrected chi connectivity index (χ2v) is 6.12. The summed E-state index contributed by atoms with van der Waals surface area (Å²) in [7, 11) is 0. The Morgan fingerprint density at radius 1 is 0.913 bits per heavy atom. The number of benzene rings is 4. The molecule has 0 unspecified atom stereocenters. The van der Waals surface area contributed by atoms with Crippen molar-refractivity contribution in [2.24, 2.45) is 0 Å². The molecule has 0 spiro atoms. The van der Waals surface area contributed by atoms with Crippen molar-refractivity contribution < 1.29 is 9.48 Å². The SMILES string of the molecule is O=C1CC/[N+](=C\c2cc3cccc4ccc5cccc2c5c43)N1. The molecule has 1 fully saturated rings. The predicted octanol–water partition coefficient (Wildman–Crippen LogP) is 3.45. The van der Waals surface area contributed by atoms with Gasteiger partial charge in [0.1, 0.15) is 0 Å². The molecule has 3 heteroatoms. The predicted molar refractivity (Wildman–Crippen MR) is 93.2 cm³/mol. The summed E-state index contributed by atoms with van der Waals surface area (Å²) in [5.74, 6) is 0.0818. The number of hydrazone groups is 1. The monoisotopic (exact) mass is 299 g/mol. The summed E-state index contributed by atoms with van der Waals surface area (Å²) >= 11 is 0. The Morgan fingerprint density at radius 3 is 2.43 bits per heavy atom. The summed E-state index contributed by atoms with van der Waals surface area (Å²) in [6, 6.07) is 19.4. The molecule has 0 saturated carbocycles. The molecule has 1 saturated heterocycles. The Hall–Kier alpha value is -2.94. The van der Waals surface area contributed by atoms with Crippen LogP contribution in [0.5, 0.6) is 0 Å². The van der Waals surface area contributed by atoms with Gasteiger partial charge in [0.25, 0.3) is 5.91 Å². The summed E-state index contributed by atoms with van der Waals surface area (Å²) in [5.41, 5.74) is 4.02. The fraction of sp³-hybridized carbons (Fsp3) is 0.100.